The molecule has 6 nitrogen and oxygen atoms in total. The van der Waals surface area contributed by atoms with E-state index in [4.69, 9.17) is 4.98 Å². The highest BCUT2D eigenvalue weighted by Crippen LogP contribution is 1.99. The number of hydrogen-bond acceptors (Lipinski definition) is 6. The number of rotatable bonds is 0. The smallest absolute Gasteiger partial charge is 0.0545 e. The van der Waals surface area contributed by atoms with Gasteiger partial charge in [0.05, 0.1) is 11.4 Å². The summed E-state index contributed by atoms with van der Waals surface area (Å²) in [7, 11) is 0. The van der Waals surface area contributed by atoms with Gasteiger partial charge in [-0.25, -0.2) is 0 Å². The summed E-state index contributed by atoms with van der Waals surface area (Å²) < 4.78 is 0. The third-order valence-electron chi connectivity index (χ3n) is 3.85. The molecule has 1 aromatic heterocycles. The molecule has 23 heavy (non-hydrogen) atoms. The minimum Gasteiger partial charge on any atom is -0.315 e. The quantitative estimate of drug-likeness (QED) is 0.457. The molecule has 6 heteroatoms. The Labute approximate surface area is 140 Å². The van der Waals surface area contributed by atoms with Gasteiger partial charge in [0.1, 0.15) is 0 Å². The van der Waals surface area contributed by atoms with E-state index in [-0.39, 0.29) is 0 Å². The van der Waals surface area contributed by atoms with E-state index >= 15 is 0 Å². The van der Waals surface area contributed by atoms with E-state index in [2.05, 4.69) is 44.8 Å². The minimum atomic E-state index is 0.847. The van der Waals surface area contributed by atoms with Crippen LogP contribution < -0.4 is 26.6 Å². The Bertz CT molecular complexity index is 379. The molecule has 1 aromatic rings. The zero-order valence-electron chi connectivity index (χ0n) is 14.2. The van der Waals surface area contributed by atoms with Gasteiger partial charge in [0.25, 0.3) is 0 Å². The van der Waals surface area contributed by atoms with Gasteiger partial charge in [-0.1, -0.05) is 6.07 Å². The first-order valence-electron chi connectivity index (χ1n) is 8.93. The molecule has 0 amide bonds. The molecule has 130 valence electrons. The van der Waals surface area contributed by atoms with Crippen molar-refractivity contribution in [2.45, 2.75) is 25.9 Å². The molecular formula is C17H32N6. The summed E-state index contributed by atoms with van der Waals surface area (Å²) in [5.41, 5.74) is 2.25. The molecule has 0 unspecified atom stereocenters. The SMILES string of the molecule is c1cc2nc(c1)CNCCCNCCNCCNCCCNC2. The molecule has 0 saturated carbocycles. The lowest BCUT2D eigenvalue weighted by Crippen LogP contribution is -2.34. The average Bonchev–Trinajstić information content (AvgIpc) is 2.57. The third-order valence-corrected chi connectivity index (χ3v) is 3.85. The molecule has 0 aliphatic carbocycles. The van der Waals surface area contributed by atoms with E-state index < -0.39 is 0 Å². The van der Waals surface area contributed by atoms with Crippen LogP contribution in [0.15, 0.2) is 18.2 Å². The van der Waals surface area contributed by atoms with E-state index in [1.54, 1.807) is 0 Å². The van der Waals surface area contributed by atoms with Crippen LogP contribution in [0.3, 0.4) is 0 Å². The van der Waals surface area contributed by atoms with E-state index in [0.717, 1.165) is 89.7 Å². The van der Waals surface area contributed by atoms with Crippen molar-refractivity contribution >= 4 is 0 Å². The molecule has 2 heterocycles. The molecular weight excluding hydrogens is 288 g/mol. The normalized spacial score (nSPS) is 20.7. The molecule has 2 rings (SSSR count). The van der Waals surface area contributed by atoms with Gasteiger partial charge in [0.2, 0.25) is 0 Å². The zero-order chi connectivity index (χ0) is 16.0. The predicted molar refractivity (Wildman–Crippen MR) is 95.5 cm³/mol. The fourth-order valence-corrected chi connectivity index (χ4v) is 2.56. The Morgan fingerprint density at radius 2 is 1.00 bits per heavy atom. The van der Waals surface area contributed by atoms with Crippen LogP contribution in [0.5, 0.6) is 0 Å². The minimum absolute atomic E-state index is 0.847. The monoisotopic (exact) mass is 320 g/mol. The largest absolute Gasteiger partial charge is 0.315 e. The lowest BCUT2D eigenvalue weighted by atomic mass is 10.3. The van der Waals surface area contributed by atoms with Crippen molar-refractivity contribution in [3.8, 4) is 0 Å². The summed E-state index contributed by atoms with van der Waals surface area (Å²) in [6.45, 7) is 10.00. The third kappa shape index (κ3) is 8.98. The summed E-state index contributed by atoms with van der Waals surface area (Å²) >= 11 is 0. The first-order valence-corrected chi connectivity index (χ1v) is 8.93. The number of aromatic nitrogens is 1. The maximum atomic E-state index is 4.70. The summed E-state index contributed by atoms with van der Waals surface area (Å²) in [4.78, 5) is 4.70. The van der Waals surface area contributed by atoms with Crippen molar-refractivity contribution in [3.63, 3.8) is 0 Å². The average molecular weight is 320 g/mol. The molecule has 0 fully saturated rings. The predicted octanol–water partition coefficient (Wildman–Crippen LogP) is -0.177. The summed E-state index contributed by atoms with van der Waals surface area (Å²) in [6, 6.07) is 6.29. The van der Waals surface area contributed by atoms with Crippen molar-refractivity contribution in [2.24, 2.45) is 0 Å². The van der Waals surface area contributed by atoms with Gasteiger partial charge in [-0.2, -0.15) is 0 Å². The van der Waals surface area contributed by atoms with Gasteiger partial charge >= 0.3 is 0 Å². The second kappa shape index (κ2) is 12.4. The van der Waals surface area contributed by atoms with Gasteiger partial charge in [0, 0.05) is 39.3 Å². The van der Waals surface area contributed by atoms with Crippen LogP contribution in [-0.2, 0) is 13.1 Å². The number of hydrogen-bond donors (Lipinski definition) is 5. The van der Waals surface area contributed by atoms with Crippen LogP contribution in [0.2, 0.25) is 0 Å². The highest BCUT2D eigenvalue weighted by molar-refractivity contribution is 5.11. The van der Waals surface area contributed by atoms with E-state index in [9.17, 15) is 0 Å². The fourth-order valence-electron chi connectivity index (χ4n) is 2.56. The molecule has 0 spiro atoms. The number of nitrogens with one attached hydrogen (secondary N) is 5. The van der Waals surface area contributed by atoms with Crippen LogP contribution in [0, 0.1) is 0 Å². The van der Waals surface area contributed by atoms with Gasteiger partial charge in [-0.15, -0.1) is 0 Å². The van der Waals surface area contributed by atoms with Crippen molar-refractivity contribution in [2.75, 3.05) is 52.4 Å². The van der Waals surface area contributed by atoms with Gasteiger partial charge in [0.15, 0.2) is 0 Å². The van der Waals surface area contributed by atoms with Crippen LogP contribution in [0.25, 0.3) is 0 Å². The number of fused-ring (bicyclic) bond motifs is 2. The maximum absolute atomic E-state index is 4.70. The van der Waals surface area contributed by atoms with Gasteiger partial charge in [-0.05, 0) is 51.2 Å². The molecule has 1 aliphatic heterocycles. The Hall–Kier alpha value is -1.05. The summed E-state index contributed by atoms with van der Waals surface area (Å²) in [5.74, 6) is 0. The van der Waals surface area contributed by atoms with Crippen molar-refractivity contribution in [3.05, 3.63) is 29.6 Å². The van der Waals surface area contributed by atoms with Crippen LogP contribution >= 0.6 is 0 Å². The lowest BCUT2D eigenvalue weighted by molar-refractivity contribution is 0.545. The topological polar surface area (TPSA) is 73.0 Å². The van der Waals surface area contributed by atoms with E-state index in [1.807, 2.05) is 0 Å². The standard InChI is InChI=1S/C17H32N6/c1-4-16-14-21-8-2-6-18-10-12-20-13-11-19-7-3-9-22-15-17(5-1)23-16/h1,4-5,18-22H,2-3,6-15H2. The van der Waals surface area contributed by atoms with E-state index in [0.29, 0.717) is 0 Å². The molecule has 0 atom stereocenters. The maximum Gasteiger partial charge on any atom is 0.0545 e. The number of nitrogens with zero attached hydrogens (tertiary/aromatic N) is 1. The second-order valence-electron chi connectivity index (χ2n) is 5.93. The molecule has 2 bridgehead atoms. The first kappa shape index (κ1) is 18.3. The van der Waals surface area contributed by atoms with Gasteiger partial charge in [-0.3, -0.25) is 4.98 Å². The zero-order valence-corrected chi connectivity index (χ0v) is 14.2. The van der Waals surface area contributed by atoms with Crippen molar-refractivity contribution in [1.82, 2.24) is 31.6 Å². The summed E-state index contributed by atoms with van der Waals surface area (Å²) in [5, 5.41) is 17.3. The van der Waals surface area contributed by atoms with Crippen LogP contribution in [-0.4, -0.2) is 57.3 Å². The molecule has 0 aromatic carbocycles. The molecule has 0 saturated heterocycles. The summed E-state index contributed by atoms with van der Waals surface area (Å²) in [6.07, 6.45) is 2.28. The van der Waals surface area contributed by atoms with Gasteiger partial charge < -0.3 is 26.6 Å². The van der Waals surface area contributed by atoms with Crippen molar-refractivity contribution in [1.29, 1.82) is 0 Å². The Kier molecular flexibility index (Phi) is 9.85. The van der Waals surface area contributed by atoms with Crippen molar-refractivity contribution < 1.29 is 0 Å². The Morgan fingerprint density at radius 3 is 1.52 bits per heavy atom. The Morgan fingerprint density at radius 1 is 0.565 bits per heavy atom. The fraction of sp³-hybridized carbons (Fsp3) is 0.706. The first-order chi connectivity index (χ1) is 11.4. The molecule has 1 aliphatic rings. The Balaban J connectivity index is 1.74. The highest BCUT2D eigenvalue weighted by atomic mass is 15.0. The lowest BCUT2D eigenvalue weighted by Gasteiger charge is -2.10. The van der Waals surface area contributed by atoms with Crippen LogP contribution in [0.4, 0.5) is 0 Å². The highest BCUT2D eigenvalue weighted by Gasteiger charge is 1.99. The number of pyridine rings is 1. The van der Waals surface area contributed by atoms with Crippen LogP contribution in [0.1, 0.15) is 24.2 Å². The molecule has 0 radical (unpaired) electrons. The molecule has 5 N–H and O–H groups in total. The second-order valence-corrected chi connectivity index (χ2v) is 5.93. The van der Waals surface area contributed by atoms with E-state index in [1.165, 1.54) is 0 Å².